The van der Waals surface area contributed by atoms with Gasteiger partial charge in [-0.3, -0.25) is 0 Å². The predicted molar refractivity (Wildman–Crippen MR) is 160 cm³/mol. The van der Waals surface area contributed by atoms with E-state index < -0.39 is 0 Å². The fraction of sp³-hybridized carbons (Fsp3) is 0.273. The monoisotopic (exact) mass is 528 g/mol. The van der Waals surface area contributed by atoms with Gasteiger partial charge in [-0.05, 0) is 59.2 Å². The molecule has 2 aliphatic rings. The molecule has 1 unspecified atom stereocenters. The molecule has 190 valence electrons. The van der Waals surface area contributed by atoms with Crippen LogP contribution in [0.25, 0.3) is 0 Å². The molecule has 2 aliphatic heterocycles. The van der Waals surface area contributed by atoms with Crippen molar-refractivity contribution in [2.45, 2.75) is 44.4 Å². The second-order valence-electron chi connectivity index (χ2n) is 11.1. The molecule has 3 aromatic carbocycles. The number of nitrogens with zero attached hydrogens (tertiary/aromatic N) is 2. The number of anilines is 2. The van der Waals surface area contributed by atoms with E-state index >= 15 is 0 Å². The minimum absolute atomic E-state index is 0.117. The van der Waals surface area contributed by atoms with Gasteiger partial charge in [0.05, 0.1) is 0 Å². The highest BCUT2D eigenvalue weighted by Crippen LogP contribution is 2.49. The molecule has 0 amide bonds. The van der Waals surface area contributed by atoms with E-state index in [1.807, 2.05) is 12.1 Å². The molecule has 0 bridgehead atoms. The molecule has 1 atom stereocenters. The molecule has 5 rings (SSSR count). The average Bonchev–Trinajstić information content (AvgIpc) is 3.17. The Hall–Kier alpha value is -2.94. The first-order valence-corrected chi connectivity index (χ1v) is 13.5. The van der Waals surface area contributed by atoms with Crippen LogP contribution < -0.4 is 9.80 Å². The summed E-state index contributed by atoms with van der Waals surface area (Å²) < 4.78 is 0. The number of fused-ring (bicyclic) bond motifs is 2. The fourth-order valence-electron chi connectivity index (χ4n) is 5.99. The van der Waals surface area contributed by atoms with Crippen LogP contribution in [0.1, 0.15) is 50.3 Å². The zero-order valence-corrected chi connectivity index (χ0v) is 23.9. The first-order valence-electron chi connectivity index (χ1n) is 12.8. The predicted octanol–water partition coefficient (Wildman–Crippen LogP) is 9.26. The summed E-state index contributed by atoms with van der Waals surface area (Å²) >= 11 is 12.7. The number of hydrogen-bond acceptors (Lipinski definition) is 2. The molecule has 0 spiro atoms. The van der Waals surface area contributed by atoms with Crippen LogP contribution >= 0.6 is 23.2 Å². The first-order chi connectivity index (χ1) is 17.5. The quantitative estimate of drug-likeness (QED) is 0.332. The SMILES string of the molecule is CN1/C(=C/C=C/C(/C=C2/N(C)c3ccc(Cl)cc3C2(C)C)c2ccccc2)C(C)(C)c2cc(Cl)ccc21. The van der Waals surface area contributed by atoms with Gasteiger partial charge < -0.3 is 9.80 Å². The van der Waals surface area contributed by atoms with Crippen LogP contribution in [0.4, 0.5) is 11.4 Å². The van der Waals surface area contributed by atoms with Crippen LogP contribution in [0, 0.1) is 0 Å². The van der Waals surface area contributed by atoms with Gasteiger partial charge in [-0.25, -0.2) is 0 Å². The molecule has 4 heteroatoms. The van der Waals surface area contributed by atoms with E-state index in [0.717, 1.165) is 10.0 Å². The summed E-state index contributed by atoms with van der Waals surface area (Å²) in [5, 5.41) is 1.55. The molecular weight excluding hydrogens is 495 g/mol. The number of benzene rings is 3. The molecule has 2 nitrogen and oxygen atoms in total. The summed E-state index contributed by atoms with van der Waals surface area (Å²) in [5.74, 6) is 0.117. The van der Waals surface area contributed by atoms with Crippen molar-refractivity contribution in [2.24, 2.45) is 0 Å². The van der Waals surface area contributed by atoms with Crippen LogP contribution in [0.2, 0.25) is 10.0 Å². The average molecular weight is 530 g/mol. The van der Waals surface area contributed by atoms with Crippen LogP contribution in [0.5, 0.6) is 0 Å². The highest BCUT2D eigenvalue weighted by atomic mass is 35.5. The van der Waals surface area contributed by atoms with Gasteiger partial charge in [-0.2, -0.15) is 0 Å². The van der Waals surface area contributed by atoms with Crippen LogP contribution in [-0.2, 0) is 10.8 Å². The highest BCUT2D eigenvalue weighted by molar-refractivity contribution is 6.31. The molecule has 2 heterocycles. The Bertz CT molecular complexity index is 1430. The molecule has 0 fully saturated rings. The van der Waals surface area contributed by atoms with Gasteiger partial charge in [0.2, 0.25) is 0 Å². The van der Waals surface area contributed by atoms with Crippen LogP contribution in [0.15, 0.2) is 102 Å². The maximum Gasteiger partial charge on any atom is 0.0449 e. The zero-order chi connectivity index (χ0) is 26.5. The Morgan fingerprint density at radius 2 is 1.22 bits per heavy atom. The summed E-state index contributed by atoms with van der Waals surface area (Å²) in [6.07, 6.45) is 9.16. The summed E-state index contributed by atoms with van der Waals surface area (Å²) in [7, 11) is 4.29. The van der Waals surface area contributed by atoms with E-state index in [-0.39, 0.29) is 16.7 Å². The molecule has 0 aromatic heterocycles. The molecule has 37 heavy (non-hydrogen) atoms. The van der Waals surface area contributed by atoms with Crippen LogP contribution in [0.3, 0.4) is 0 Å². The molecule has 3 aromatic rings. The maximum atomic E-state index is 6.39. The van der Waals surface area contributed by atoms with Crippen molar-refractivity contribution in [3.05, 3.63) is 129 Å². The first kappa shape index (κ1) is 25.7. The molecule has 0 radical (unpaired) electrons. The Balaban J connectivity index is 1.54. The van der Waals surface area contributed by atoms with E-state index in [2.05, 4.69) is 130 Å². The lowest BCUT2D eigenvalue weighted by molar-refractivity contribution is 0.634. The van der Waals surface area contributed by atoms with Gasteiger partial charge in [-0.15, -0.1) is 0 Å². The van der Waals surface area contributed by atoms with Gasteiger partial charge in [-0.1, -0.05) is 99.5 Å². The van der Waals surface area contributed by atoms with Crippen molar-refractivity contribution in [3.63, 3.8) is 0 Å². The largest absolute Gasteiger partial charge is 0.347 e. The normalized spacial score (nSPS) is 20.6. The third-order valence-electron chi connectivity index (χ3n) is 8.08. The molecule has 0 N–H and O–H groups in total. The van der Waals surface area contributed by atoms with Gasteiger partial charge >= 0.3 is 0 Å². The fourth-order valence-corrected chi connectivity index (χ4v) is 6.34. The number of hydrogen-bond donors (Lipinski definition) is 0. The van der Waals surface area contributed by atoms with Gasteiger partial charge in [0.15, 0.2) is 0 Å². The number of halogens is 2. The van der Waals surface area contributed by atoms with E-state index in [1.165, 1.54) is 39.5 Å². The molecule has 0 saturated heterocycles. The van der Waals surface area contributed by atoms with Crippen molar-refractivity contribution in [1.29, 1.82) is 0 Å². The van der Waals surface area contributed by atoms with E-state index in [9.17, 15) is 0 Å². The van der Waals surface area contributed by atoms with Crippen molar-refractivity contribution < 1.29 is 0 Å². The lowest BCUT2D eigenvalue weighted by Gasteiger charge is -2.26. The van der Waals surface area contributed by atoms with Gasteiger partial charge in [0, 0.05) is 63.7 Å². The number of allylic oxidation sites excluding steroid dienone is 6. The van der Waals surface area contributed by atoms with Crippen molar-refractivity contribution in [2.75, 3.05) is 23.9 Å². The second kappa shape index (κ2) is 9.42. The van der Waals surface area contributed by atoms with E-state index in [4.69, 9.17) is 23.2 Å². The summed E-state index contributed by atoms with van der Waals surface area (Å²) in [6, 6.07) is 23.1. The Labute approximate surface area is 231 Å². The minimum atomic E-state index is -0.150. The van der Waals surface area contributed by atoms with Crippen LogP contribution in [-0.4, -0.2) is 14.1 Å². The molecular formula is C33H34Cl2N2. The third-order valence-corrected chi connectivity index (χ3v) is 8.55. The lowest BCUT2D eigenvalue weighted by atomic mass is 9.82. The standard InChI is InChI=1S/C33H34Cl2N2/c1-32(2)26-20-24(34)15-17-28(26)36(5)30(32)14-10-13-23(22-11-8-7-9-12-22)19-31-33(3,4)27-21-25(35)16-18-29(27)37(31)6/h7-21,23H,1-6H3/b13-10+,30-14+,31-19+. The lowest BCUT2D eigenvalue weighted by Crippen LogP contribution is -2.23. The zero-order valence-electron chi connectivity index (χ0n) is 22.4. The smallest absolute Gasteiger partial charge is 0.0449 e. The third kappa shape index (κ3) is 4.41. The van der Waals surface area contributed by atoms with Crippen molar-refractivity contribution >= 4 is 34.6 Å². The molecule has 0 saturated carbocycles. The van der Waals surface area contributed by atoms with Gasteiger partial charge in [0.1, 0.15) is 0 Å². The molecule has 0 aliphatic carbocycles. The summed E-state index contributed by atoms with van der Waals surface area (Å²) in [6.45, 7) is 9.09. The number of likely N-dealkylation sites (N-methyl/N-ethyl adjacent to an activating group) is 2. The van der Waals surface area contributed by atoms with Gasteiger partial charge in [0.25, 0.3) is 0 Å². The topological polar surface area (TPSA) is 6.48 Å². The van der Waals surface area contributed by atoms with E-state index in [1.54, 1.807) is 0 Å². The Morgan fingerprint density at radius 3 is 1.78 bits per heavy atom. The van der Waals surface area contributed by atoms with Crippen molar-refractivity contribution in [1.82, 2.24) is 0 Å². The highest BCUT2D eigenvalue weighted by Gasteiger charge is 2.39. The Morgan fingerprint density at radius 1 is 0.703 bits per heavy atom. The minimum Gasteiger partial charge on any atom is -0.347 e. The summed E-state index contributed by atoms with van der Waals surface area (Å²) in [4.78, 5) is 4.59. The Kier molecular flexibility index (Phi) is 6.54. The second-order valence-corrected chi connectivity index (χ2v) is 12.0. The number of rotatable bonds is 4. The summed E-state index contributed by atoms with van der Waals surface area (Å²) in [5.41, 5.74) is 8.45. The van der Waals surface area contributed by atoms with Crippen molar-refractivity contribution in [3.8, 4) is 0 Å². The maximum absolute atomic E-state index is 6.39. The van der Waals surface area contributed by atoms with E-state index in [0.29, 0.717) is 0 Å².